The van der Waals surface area contributed by atoms with Crippen LogP contribution in [0.3, 0.4) is 0 Å². The molecule has 0 spiro atoms. The lowest BCUT2D eigenvalue weighted by Gasteiger charge is -2.08. The zero-order chi connectivity index (χ0) is 21.7. The van der Waals surface area contributed by atoms with Crippen molar-refractivity contribution in [1.29, 1.82) is 0 Å². The Morgan fingerprint density at radius 3 is 2.37 bits per heavy atom. The molecule has 0 aliphatic carbocycles. The van der Waals surface area contributed by atoms with E-state index in [4.69, 9.17) is 37.4 Å². The molecule has 30 heavy (non-hydrogen) atoms. The molecule has 7 nitrogen and oxygen atoms in total. The molecule has 1 heterocycles. The quantitative estimate of drug-likeness (QED) is 0.294. The summed E-state index contributed by atoms with van der Waals surface area (Å²) in [6.45, 7) is 0. The van der Waals surface area contributed by atoms with E-state index in [1.807, 2.05) is 6.07 Å². The van der Waals surface area contributed by atoms with Crippen LogP contribution < -0.4 is 14.9 Å². The molecule has 2 aromatic carbocycles. The fourth-order valence-electron chi connectivity index (χ4n) is 2.77. The molecule has 9 heteroatoms. The second-order valence-electron chi connectivity index (χ2n) is 6.04. The highest BCUT2D eigenvalue weighted by Crippen LogP contribution is 2.33. The maximum atomic E-state index is 12.2. The lowest BCUT2D eigenvalue weighted by Crippen LogP contribution is -2.03. The van der Waals surface area contributed by atoms with Gasteiger partial charge in [-0.15, -0.1) is 0 Å². The summed E-state index contributed by atoms with van der Waals surface area (Å²) >= 11 is 12.3. The first-order valence-electron chi connectivity index (χ1n) is 8.75. The highest BCUT2D eigenvalue weighted by atomic mass is 35.5. The number of hydrazone groups is 1. The predicted molar refractivity (Wildman–Crippen MR) is 118 cm³/mol. The summed E-state index contributed by atoms with van der Waals surface area (Å²) in [5.74, 6) is 0.989. The molecule has 0 saturated carbocycles. The van der Waals surface area contributed by atoms with Crippen LogP contribution in [0, 0.1) is 0 Å². The summed E-state index contributed by atoms with van der Waals surface area (Å²) in [5, 5.41) is 5.07. The number of hydrogen-bond donors (Lipinski definition) is 2. The van der Waals surface area contributed by atoms with Crippen molar-refractivity contribution in [1.82, 2.24) is 4.98 Å². The maximum absolute atomic E-state index is 12.2. The Hall–Kier alpha value is -3.16. The van der Waals surface area contributed by atoms with Gasteiger partial charge < -0.3 is 19.2 Å². The van der Waals surface area contributed by atoms with Crippen molar-refractivity contribution in [2.75, 3.05) is 26.8 Å². The Morgan fingerprint density at radius 1 is 1.03 bits per heavy atom. The number of nitrogens with zero attached hydrogens (tertiary/aromatic N) is 1. The number of benzene rings is 2. The zero-order valence-corrected chi connectivity index (χ0v) is 18.0. The molecule has 0 radical (unpaired) electrons. The number of carbonyl (C=O) groups is 1. The number of halogens is 2. The first kappa shape index (κ1) is 21.5. The van der Waals surface area contributed by atoms with Crippen LogP contribution in [0.2, 0.25) is 10.0 Å². The number of esters is 1. The van der Waals surface area contributed by atoms with Crippen LogP contribution in [0.5, 0.6) is 11.5 Å². The molecule has 0 aliphatic rings. The molecule has 0 bridgehead atoms. The van der Waals surface area contributed by atoms with Gasteiger partial charge in [0.25, 0.3) is 0 Å². The van der Waals surface area contributed by atoms with Crippen LogP contribution in [0.4, 0.5) is 5.82 Å². The van der Waals surface area contributed by atoms with Crippen molar-refractivity contribution < 1.29 is 19.0 Å². The molecule has 3 rings (SSSR count). The highest BCUT2D eigenvalue weighted by molar-refractivity contribution is 6.38. The Labute approximate surface area is 183 Å². The minimum absolute atomic E-state index is 0.282. The van der Waals surface area contributed by atoms with Gasteiger partial charge in [-0.3, -0.25) is 5.43 Å². The van der Waals surface area contributed by atoms with Crippen molar-refractivity contribution in [2.24, 2.45) is 5.10 Å². The molecule has 0 atom stereocenters. The number of anilines is 1. The van der Waals surface area contributed by atoms with Crippen LogP contribution in [-0.4, -0.2) is 38.5 Å². The van der Waals surface area contributed by atoms with Gasteiger partial charge in [0, 0.05) is 16.8 Å². The van der Waals surface area contributed by atoms with Gasteiger partial charge in [-0.1, -0.05) is 29.3 Å². The van der Waals surface area contributed by atoms with Gasteiger partial charge in [0.1, 0.15) is 11.4 Å². The molecular weight excluding hydrogens is 429 g/mol. The van der Waals surface area contributed by atoms with Crippen LogP contribution in [0.1, 0.15) is 15.9 Å². The Kier molecular flexibility index (Phi) is 6.87. The summed E-state index contributed by atoms with van der Waals surface area (Å²) in [4.78, 5) is 15.4. The normalized spacial score (nSPS) is 10.8. The van der Waals surface area contributed by atoms with Crippen molar-refractivity contribution in [3.05, 3.63) is 63.6 Å². The summed E-state index contributed by atoms with van der Waals surface area (Å²) in [6, 6.07) is 12.2. The molecular formula is C21H19Cl2N3O4. The number of rotatable bonds is 7. The fourth-order valence-corrected chi connectivity index (χ4v) is 3.26. The average molecular weight is 448 g/mol. The zero-order valence-electron chi connectivity index (χ0n) is 16.5. The topological polar surface area (TPSA) is 84.9 Å². The lowest BCUT2D eigenvalue weighted by molar-refractivity contribution is 0.0602. The Bertz CT molecular complexity index is 1080. The smallest absolute Gasteiger partial charge is 0.341 e. The molecule has 0 amide bonds. The monoisotopic (exact) mass is 447 g/mol. The van der Waals surface area contributed by atoms with E-state index in [0.717, 1.165) is 5.56 Å². The molecule has 0 saturated heterocycles. The number of hydrogen-bond acceptors (Lipinski definition) is 6. The third kappa shape index (κ3) is 4.53. The van der Waals surface area contributed by atoms with E-state index in [1.165, 1.54) is 13.3 Å². The number of carbonyl (C=O) groups excluding carboxylic acids is 1. The largest absolute Gasteiger partial charge is 0.493 e. The number of aromatic nitrogens is 1. The third-order valence-electron chi connectivity index (χ3n) is 4.29. The Balaban J connectivity index is 1.94. The number of aromatic amines is 1. The average Bonchev–Trinajstić information content (AvgIpc) is 3.18. The first-order chi connectivity index (χ1) is 14.5. The van der Waals surface area contributed by atoms with Gasteiger partial charge in [0.05, 0.1) is 37.6 Å². The third-order valence-corrected chi connectivity index (χ3v) is 4.95. The van der Waals surface area contributed by atoms with Crippen molar-refractivity contribution >= 4 is 41.2 Å². The number of H-pyrrole nitrogens is 1. The fraction of sp³-hybridized carbons (Fsp3) is 0.143. The van der Waals surface area contributed by atoms with E-state index in [9.17, 15) is 4.79 Å². The van der Waals surface area contributed by atoms with Gasteiger partial charge >= 0.3 is 5.97 Å². The van der Waals surface area contributed by atoms with E-state index in [0.29, 0.717) is 38.6 Å². The summed E-state index contributed by atoms with van der Waals surface area (Å²) in [6.07, 6.45) is 1.47. The molecule has 2 N–H and O–H groups in total. The number of ether oxygens (including phenoxy) is 3. The van der Waals surface area contributed by atoms with Gasteiger partial charge in [0.2, 0.25) is 0 Å². The summed E-state index contributed by atoms with van der Waals surface area (Å²) in [7, 11) is 4.42. The SMILES string of the molecule is COC(=O)c1cc(-c2ccc(OC)c(OC)c2)[nH]c1N/N=C/c1c(Cl)cccc1Cl. The summed E-state index contributed by atoms with van der Waals surface area (Å²) in [5.41, 5.74) is 5.09. The minimum Gasteiger partial charge on any atom is -0.493 e. The van der Waals surface area contributed by atoms with Crippen molar-refractivity contribution in [3.8, 4) is 22.8 Å². The molecule has 0 fully saturated rings. The molecule has 3 aromatic rings. The van der Waals surface area contributed by atoms with Gasteiger partial charge in [0.15, 0.2) is 11.5 Å². The van der Waals surface area contributed by atoms with Gasteiger partial charge in [-0.2, -0.15) is 5.10 Å². The van der Waals surface area contributed by atoms with Gasteiger partial charge in [-0.05, 0) is 36.4 Å². The first-order valence-corrected chi connectivity index (χ1v) is 9.51. The molecule has 156 valence electrons. The van der Waals surface area contributed by atoms with E-state index in [1.54, 1.807) is 50.6 Å². The van der Waals surface area contributed by atoms with Crippen molar-refractivity contribution in [2.45, 2.75) is 0 Å². The molecule has 0 unspecified atom stereocenters. The second kappa shape index (κ2) is 9.56. The minimum atomic E-state index is -0.522. The van der Waals surface area contributed by atoms with Crippen LogP contribution in [0.25, 0.3) is 11.3 Å². The standard InChI is InChI=1S/C21H19Cl2N3O4/c1-28-18-8-7-12(9-19(18)29-2)17-10-13(21(27)30-3)20(25-17)26-24-11-14-15(22)5-4-6-16(14)23/h4-11,25-26H,1-3H3/b24-11+. The van der Waals surface area contributed by atoms with Crippen LogP contribution in [-0.2, 0) is 4.74 Å². The van der Waals surface area contributed by atoms with E-state index >= 15 is 0 Å². The van der Waals surface area contributed by atoms with E-state index in [-0.39, 0.29) is 5.56 Å². The van der Waals surface area contributed by atoms with Crippen molar-refractivity contribution in [3.63, 3.8) is 0 Å². The van der Waals surface area contributed by atoms with Gasteiger partial charge in [-0.25, -0.2) is 4.79 Å². The molecule has 1 aromatic heterocycles. The molecule has 0 aliphatic heterocycles. The van der Waals surface area contributed by atoms with Crippen LogP contribution in [0.15, 0.2) is 47.6 Å². The van der Waals surface area contributed by atoms with E-state index in [2.05, 4.69) is 15.5 Å². The van der Waals surface area contributed by atoms with Crippen LogP contribution >= 0.6 is 23.2 Å². The Morgan fingerprint density at radius 2 is 1.73 bits per heavy atom. The summed E-state index contributed by atoms with van der Waals surface area (Å²) < 4.78 is 15.5. The lowest BCUT2D eigenvalue weighted by atomic mass is 10.1. The highest BCUT2D eigenvalue weighted by Gasteiger charge is 2.18. The number of nitrogens with one attached hydrogen (secondary N) is 2. The number of methoxy groups -OCH3 is 3. The predicted octanol–water partition coefficient (Wildman–Crippen LogP) is 5.24. The van der Waals surface area contributed by atoms with E-state index < -0.39 is 5.97 Å². The maximum Gasteiger partial charge on any atom is 0.341 e. The second-order valence-corrected chi connectivity index (χ2v) is 6.85.